The summed E-state index contributed by atoms with van der Waals surface area (Å²) in [6.45, 7) is 4.69. The molecule has 4 nitrogen and oxygen atoms in total. The van der Waals surface area contributed by atoms with Crippen LogP contribution in [0.1, 0.15) is 17.7 Å². The molecular weight excluding hydrogens is 348 g/mol. The molecule has 0 unspecified atom stereocenters. The summed E-state index contributed by atoms with van der Waals surface area (Å²) in [5, 5.41) is 3.03. The van der Waals surface area contributed by atoms with Gasteiger partial charge in [-0.2, -0.15) is 4.31 Å². The van der Waals surface area contributed by atoms with Gasteiger partial charge < -0.3 is 5.32 Å². The lowest BCUT2D eigenvalue weighted by atomic mass is 10.5. The van der Waals surface area contributed by atoms with Crippen LogP contribution in [0.3, 0.4) is 0 Å². The van der Waals surface area contributed by atoms with Crippen molar-refractivity contribution >= 4 is 37.3 Å². The Morgan fingerprint density at radius 1 is 1.63 bits per heavy atom. The van der Waals surface area contributed by atoms with Crippen molar-refractivity contribution in [1.82, 2.24) is 9.62 Å². The van der Waals surface area contributed by atoms with E-state index in [2.05, 4.69) is 27.8 Å². The van der Waals surface area contributed by atoms with Gasteiger partial charge in [-0.3, -0.25) is 0 Å². The van der Waals surface area contributed by atoms with E-state index in [9.17, 15) is 8.42 Å². The number of sulfonamides is 1. The van der Waals surface area contributed by atoms with Crippen LogP contribution in [-0.4, -0.2) is 32.4 Å². The SMILES string of the molecule is C=CCN(C1CC1)S(=O)(=O)c1cc(CNC)sc1Br. The first-order valence-corrected chi connectivity index (χ1v) is 9.11. The van der Waals surface area contributed by atoms with Gasteiger partial charge in [-0.25, -0.2) is 8.42 Å². The van der Waals surface area contributed by atoms with E-state index in [0.29, 0.717) is 21.8 Å². The second-order valence-corrected chi connectivity index (χ2v) is 8.79. The number of nitrogens with zero attached hydrogens (tertiary/aromatic N) is 1. The van der Waals surface area contributed by atoms with Crippen LogP contribution in [-0.2, 0) is 16.6 Å². The molecule has 1 heterocycles. The third-order valence-corrected chi connectivity index (χ3v) is 7.08. The van der Waals surface area contributed by atoms with Crippen molar-refractivity contribution < 1.29 is 8.42 Å². The Morgan fingerprint density at radius 2 is 2.32 bits per heavy atom. The maximum Gasteiger partial charge on any atom is 0.245 e. The van der Waals surface area contributed by atoms with Gasteiger partial charge in [0.2, 0.25) is 10.0 Å². The number of hydrogen-bond acceptors (Lipinski definition) is 4. The first kappa shape index (κ1) is 15.2. The maximum atomic E-state index is 12.7. The first-order valence-electron chi connectivity index (χ1n) is 6.06. The molecule has 1 aromatic heterocycles. The minimum Gasteiger partial charge on any atom is -0.315 e. The van der Waals surface area contributed by atoms with Crippen LogP contribution >= 0.6 is 27.3 Å². The van der Waals surface area contributed by atoms with Gasteiger partial charge in [0.05, 0.1) is 3.79 Å². The van der Waals surface area contributed by atoms with Crippen LogP contribution in [0.5, 0.6) is 0 Å². The van der Waals surface area contributed by atoms with Gasteiger partial charge in [0, 0.05) is 24.0 Å². The summed E-state index contributed by atoms with van der Waals surface area (Å²) in [4.78, 5) is 1.37. The van der Waals surface area contributed by atoms with Crippen LogP contribution < -0.4 is 5.32 Å². The lowest BCUT2D eigenvalue weighted by Gasteiger charge is -2.19. The van der Waals surface area contributed by atoms with E-state index < -0.39 is 10.0 Å². The standard InChI is InChI=1S/C12H17BrN2O2S2/c1-3-6-15(9-4-5-9)19(16,17)11-7-10(8-14-2)18-12(11)13/h3,7,9,14H,1,4-6,8H2,2H3. The molecule has 106 valence electrons. The molecule has 2 rings (SSSR count). The van der Waals surface area contributed by atoms with E-state index in [1.54, 1.807) is 16.4 Å². The van der Waals surface area contributed by atoms with E-state index in [-0.39, 0.29) is 6.04 Å². The maximum absolute atomic E-state index is 12.7. The van der Waals surface area contributed by atoms with Crippen molar-refractivity contribution in [3.63, 3.8) is 0 Å². The molecule has 1 aromatic rings. The molecule has 0 aromatic carbocycles. The molecule has 1 aliphatic carbocycles. The van der Waals surface area contributed by atoms with E-state index >= 15 is 0 Å². The average Bonchev–Trinajstić information content (AvgIpc) is 3.10. The first-order chi connectivity index (χ1) is 9.00. The molecule has 0 saturated heterocycles. The number of nitrogens with one attached hydrogen (secondary N) is 1. The summed E-state index contributed by atoms with van der Waals surface area (Å²) < 4.78 is 27.6. The molecule has 1 fully saturated rings. The Kier molecular flexibility index (Phi) is 4.84. The van der Waals surface area contributed by atoms with Gasteiger partial charge >= 0.3 is 0 Å². The second kappa shape index (κ2) is 6.05. The highest BCUT2D eigenvalue weighted by Gasteiger charge is 2.38. The third kappa shape index (κ3) is 3.28. The van der Waals surface area contributed by atoms with Gasteiger partial charge in [-0.15, -0.1) is 17.9 Å². The summed E-state index contributed by atoms with van der Waals surface area (Å²) in [5.74, 6) is 0. The zero-order valence-electron chi connectivity index (χ0n) is 10.7. The quantitative estimate of drug-likeness (QED) is 0.756. The van der Waals surface area contributed by atoms with Crippen LogP contribution in [0, 0.1) is 0 Å². The largest absolute Gasteiger partial charge is 0.315 e. The molecule has 0 atom stereocenters. The summed E-state index contributed by atoms with van der Waals surface area (Å²) >= 11 is 4.83. The minimum absolute atomic E-state index is 0.141. The predicted molar refractivity (Wildman–Crippen MR) is 81.9 cm³/mol. The van der Waals surface area contributed by atoms with Crippen molar-refractivity contribution in [2.75, 3.05) is 13.6 Å². The number of rotatable bonds is 7. The topological polar surface area (TPSA) is 49.4 Å². The zero-order valence-corrected chi connectivity index (χ0v) is 13.9. The fourth-order valence-electron chi connectivity index (χ4n) is 1.89. The molecule has 1 N–H and O–H groups in total. The Morgan fingerprint density at radius 3 is 2.84 bits per heavy atom. The van der Waals surface area contributed by atoms with Gasteiger partial charge in [0.1, 0.15) is 4.90 Å². The molecule has 0 bridgehead atoms. The normalized spacial score (nSPS) is 15.9. The molecule has 19 heavy (non-hydrogen) atoms. The lowest BCUT2D eigenvalue weighted by Crippen LogP contribution is -2.33. The van der Waals surface area contributed by atoms with Crippen LogP contribution in [0.25, 0.3) is 0 Å². The Balaban J connectivity index is 2.34. The predicted octanol–water partition coefficient (Wildman–Crippen LogP) is 2.57. The van der Waals surface area contributed by atoms with E-state index in [1.165, 1.54) is 11.3 Å². The number of halogens is 1. The Hall–Kier alpha value is -0.210. The lowest BCUT2D eigenvalue weighted by molar-refractivity contribution is 0.436. The van der Waals surface area contributed by atoms with Crippen LogP contribution in [0.15, 0.2) is 27.4 Å². The molecule has 0 radical (unpaired) electrons. The van der Waals surface area contributed by atoms with Gasteiger partial charge in [0.15, 0.2) is 0 Å². The molecule has 0 aliphatic heterocycles. The fraction of sp³-hybridized carbons (Fsp3) is 0.500. The van der Waals surface area contributed by atoms with Gasteiger partial charge in [0.25, 0.3) is 0 Å². The van der Waals surface area contributed by atoms with Gasteiger partial charge in [-0.05, 0) is 41.9 Å². The fourth-order valence-corrected chi connectivity index (χ4v) is 6.20. The molecule has 1 saturated carbocycles. The summed E-state index contributed by atoms with van der Waals surface area (Å²) in [6.07, 6.45) is 3.53. The van der Waals surface area contributed by atoms with Crippen molar-refractivity contribution in [1.29, 1.82) is 0 Å². The Bertz CT molecular complexity index is 564. The van der Waals surface area contributed by atoms with E-state index in [1.807, 2.05) is 7.05 Å². The third-order valence-electron chi connectivity index (χ3n) is 2.91. The van der Waals surface area contributed by atoms with Crippen molar-refractivity contribution in [2.45, 2.75) is 30.3 Å². The molecule has 7 heteroatoms. The Labute approximate surface area is 126 Å². The highest BCUT2D eigenvalue weighted by atomic mass is 79.9. The van der Waals surface area contributed by atoms with E-state index in [0.717, 1.165) is 17.7 Å². The zero-order chi connectivity index (χ0) is 14.0. The van der Waals surface area contributed by atoms with Crippen molar-refractivity contribution in [3.05, 3.63) is 27.4 Å². The van der Waals surface area contributed by atoms with E-state index in [4.69, 9.17) is 0 Å². The summed E-state index contributed by atoms with van der Waals surface area (Å²) in [5.41, 5.74) is 0. The van der Waals surface area contributed by atoms with Crippen LogP contribution in [0.4, 0.5) is 0 Å². The van der Waals surface area contributed by atoms with Crippen molar-refractivity contribution in [3.8, 4) is 0 Å². The summed E-state index contributed by atoms with van der Waals surface area (Å²) in [7, 11) is -1.59. The summed E-state index contributed by atoms with van der Waals surface area (Å²) in [6, 6.07) is 1.89. The monoisotopic (exact) mass is 364 g/mol. The van der Waals surface area contributed by atoms with Crippen molar-refractivity contribution in [2.24, 2.45) is 0 Å². The molecular formula is C12H17BrN2O2S2. The highest BCUT2D eigenvalue weighted by Crippen LogP contribution is 2.37. The minimum atomic E-state index is -3.43. The average molecular weight is 365 g/mol. The number of thiophene rings is 1. The second-order valence-electron chi connectivity index (χ2n) is 4.48. The molecule has 0 amide bonds. The van der Waals surface area contributed by atoms with Crippen LogP contribution in [0.2, 0.25) is 0 Å². The smallest absolute Gasteiger partial charge is 0.245 e. The molecule has 0 spiro atoms. The molecule has 1 aliphatic rings. The van der Waals surface area contributed by atoms with Gasteiger partial charge in [-0.1, -0.05) is 6.08 Å². The highest BCUT2D eigenvalue weighted by molar-refractivity contribution is 9.11. The number of hydrogen-bond donors (Lipinski definition) is 1.